The van der Waals surface area contributed by atoms with Crippen molar-refractivity contribution >= 4 is 11.8 Å². The molecule has 0 atom stereocenters. The summed E-state index contributed by atoms with van der Waals surface area (Å²) in [5.41, 5.74) is 2.33. The van der Waals surface area contributed by atoms with Gasteiger partial charge in [0.05, 0.1) is 26.7 Å². The van der Waals surface area contributed by atoms with Crippen molar-refractivity contribution in [2.45, 2.75) is 20.3 Å². The minimum absolute atomic E-state index is 0.0343. The highest BCUT2D eigenvalue weighted by Gasteiger charge is 2.23. The van der Waals surface area contributed by atoms with Gasteiger partial charge in [-0.2, -0.15) is 0 Å². The van der Waals surface area contributed by atoms with Crippen LogP contribution in [0.1, 0.15) is 29.8 Å². The average Bonchev–Trinajstić information content (AvgIpc) is 2.80. The van der Waals surface area contributed by atoms with Gasteiger partial charge in [0.2, 0.25) is 5.91 Å². The van der Waals surface area contributed by atoms with Gasteiger partial charge in [-0.1, -0.05) is 12.1 Å². The van der Waals surface area contributed by atoms with Crippen molar-refractivity contribution in [2.75, 3.05) is 46.5 Å². The van der Waals surface area contributed by atoms with Gasteiger partial charge in [0.25, 0.3) is 5.91 Å². The molecule has 0 radical (unpaired) electrons. The van der Waals surface area contributed by atoms with E-state index >= 15 is 0 Å². The van der Waals surface area contributed by atoms with Crippen LogP contribution in [0.4, 0.5) is 4.39 Å². The zero-order valence-electron chi connectivity index (χ0n) is 18.3. The quantitative estimate of drug-likeness (QED) is 0.678. The van der Waals surface area contributed by atoms with Crippen molar-refractivity contribution in [1.82, 2.24) is 9.80 Å². The lowest BCUT2D eigenvalue weighted by Crippen LogP contribution is -2.41. The summed E-state index contributed by atoms with van der Waals surface area (Å²) in [6, 6.07) is 9.61. The maximum atomic E-state index is 13.9. The summed E-state index contributed by atoms with van der Waals surface area (Å²) < 4.78 is 24.6. The maximum absolute atomic E-state index is 13.9. The van der Waals surface area contributed by atoms with Gasteiger partial charge < -0.3 is 19.3 Å². The summed E-state index contributed by atoms with van der Waals surface area (Å²) in [6.45, 7) is 7.09. The minimum Gasteiger partial charge on any atom is -0.496 e. The van der Waals surface area contributed by atoms with Crippen LogP contribution in [0.5, 0.6) is 5.75 Å². The molecule has 0 spiro atoms. The van der Waals surface area contributed by atoms with E-state index < -0.39 is 0 Å². The van der Waals surface area contributed by atoms with Crippen molar-refractivity contribution < 1.29 is 23.5 Å². The second-order valence-electron chi connectivity index (χ2n) is 7.36. The van der Waals surface area contributed by atoms with E-state index in [9.17, 15) is 14.0 Å². The van der Waals surface area contributed by atoms with Gasteiger partial charge in [-0.25, -0.2) is 4.39 Å². The first-order chi connectivity index (χ1) is 15.0. The molecular formula is C24H29FN2O4. The molecule has 31 heavy (non-hydrogen) atoms. The molecule has 0 aliphatic carbocycles. The first-order valence-corrected chi connectivity index (χ1v) is 10.6. The molecule has 166 valence electrons. The van der Waals surface area contributed by atoms with Crippen molar-refractivity contribution in [3.05, 3.63) is 53.3 Å². The van der Waals surface area contributed by atoms with Crippen LogP contribution in [0, 0.1) is 5.82 Å². The van der Waals surface area contributed by atoms with E-state index in [-0.39, 0.29) is 24.1 Å². The Balaban J connectivity index is 2.01. The first kappa shape index (κ1) is 22.7. The lowest BCUT2D eigenvalue weighted by Gasteiger charge is -2.27. The van der Waals surface area contributed by atoms with E-state index in [1.165, 1.54) is 19.2 Å². The number of ether oxygens (including phenoxy) is 2. The van der Waals surface area contributed by atoms with E-state index in [2.05, 4.69) is 0 Å². The van der Waals surface area contributed by atoms with Crippen LogP contribution in [-0.2, 0) is 16.0 Å². The molecule has 0 saturated carbocycles. The molecule has 0 aromatic heterocycles. The van der Waals surface area contributed by atoms with Crippen LogP contribution in [0.25, 0.3) is 11.1 Å². The molecule has 1 fully saturated rings. The molecule has 1 aliphatic heterocycles. The second kappa shape index (κ2) is 10.4. The van der Waals surface area contributed by atoms with E-state index in [0.29, 0.717) is 67.4 Å². The zero-order valence-corrected chi connectivity index (χ0v) is 18.3. The SMILES string of the molecule is CCN(CC)C(=O)c1cc(-c2cc(F)ccc2OC)ccc1CC(=O)N1CCOCC1. The number of halogens is 1. The molecule has 7 heteroatoms. The van der Waals surface area contributed by atoms with Crippen LogP contribution in [0.3, 0.4) is 0 Å². The number of morpholine rings is 1. The number of hydrogen-bond acceptors (Lipinski definition) is 4. The largest absolute Gasteiger partial charge is 0.496 e. The number of methoxy groups -OCH3 is 1. The highest BCUT2D eigenvalue weighted by molar-refractivity contribution is 5.98. The third kappa shape index (κ3) is 5.22. The van der Waals surface area contributed by atoms with Crippen molar-refractivity contribution in [3.63, 3.8) is 0 Å². The van der Waals surface area contributed by atoms with Gasteiger partial charge in [-0.05, 0) is 49.2 Å². The Bertz CT molecular complexity index is 937. The Hall–Kier alpha value is -2.93. The van der Waals surface area contributed by atoms with Gasteiger partial charge in [0.15, 0.2) is 0 Å². The number of carbonyl (C=O) groups excluding carboxylic acids is 2. The molecule has 3 rings (SSSR count). The Morgan fingerprint density at radius 1 is 1.10 bits per heavy atom. The highest BCUT2D eigenvalue weighted by atomic mass is 19.1. The van der Waals surface area contributed by atoms with Crippen molar-refractivity contribution in [1.29, 1.82) is 0 Å². The van der Waals surface area contributed by atoms with Gasteiger partial charge >= 0.3 is 0 Å². The minimum atomic E-state index is -0.390. The summed E-state index contributed by atoms with van der Waals surface area (Å²) in [4.78, 5) is 29.6. The lowest BCUT2D eigenvalue weighted by molar-refractivity contribution is -0.134. The standard InChI is InChI=1S/C24H29FN2O4/c1-4-26(5-2)24(29)21-14-17(20-16-19(25)8-9-22(20)30-3)6-7-18(21)15-23(28)27-10-12-31-13-11-27/h6-9,14,16H,4-5,10-13,15H2,1-3H3. The lowest BCUT2D eigenvalue weighted by atomic mass is 9.95. The van der Waals surface area contributed by atoms with Crippen molar-refractivity contribution in [3.8, 4) is 16.9 Å². The Morgan fingerprint density at radius 3 is 2.45 bits per heavy atom. The molecule has 1 aliphatic rings. The molecule has 2 aromatic carbocycles. The van der Waals surface area contributed by atoms with Crippen LogP contribution >= 0.6 is 0 Å². The zero-order chi connectivity index (χ0) is 22.4. The van der Waals surface area contributed by atoms with Crippen LogP contribution in [-0.4, -0.2) is 68.1 Å². The molecule has 2 aromatic rings. The number of carbonyl (C=O) groups is 2. The fraction of sp³-hybridized carbons (Fsp3) is 0.417. The Morgan fingerprint density at radius 2 is 1.81 bits per heavy atom. The summed E-state index contributed by atoms with van der Waals surface area (Å²) in [5.74, 6) is -0.0567. The number of amides is 2. The third-order valence-electron chi connectivity index (χ3n) is 5.57. The number of benzene rings is 2. The van der Waals surface area contributed by atoms with E-state index in [4.69, 9.17) is 9.47 Å². The van der Waals surface area contributed by atoms with E-state index in [1.807, 2.05) is 13.8 Å². The monoisotopic (exact) mass is 428 g/mol. The number of nitrogens with zero attached hydrogens (tertiary/aromatic N) is 2. The van der Waals surface area contributed by atoms with Crippen LogP contribution in [0.15, 0.2) is 36.4 Å². The molecule has 0 bridgehead atoms. The van der Waals surface area contributed by atoms with Crippen molar-refractivity contribution in [2.24, 2.45) is 0 Å². The molecule has 1 saturated heterocycles. The van der Waals surface area contributed by atoms with Gasteiger partial charge in [0.1, 0.15) is 11.6 Å². The topological polar surface area (TPSA) is 59.1 Å². The second-order valence-corrected chi connectivity index (χ2v) is 7.36. The van der Waals surface area contributed by atoms with E-state index in [1.54, 1.807) is 34.1 Å². The highest BCUT2D eigenvalue weighted by Crippen LogP contribution is 2.32. The third-order valence-corrected chi connectivity index (χ3v) is 5.57. The Labute approximate surface area is 182 Å². The summed E-state index contributed by atoms with van der Waals surface area (Å²) in [7, 11) is 1.52. The van der Waals surface area contributed by atoms with Gasteiger partial charge in [0, 0.05) is 37.3 Å². The Kier molecular flexibility index (Phi) is 7.63. The maximum Gasteiger partial charge on any atom is 0.254 e. The van der Waals surface area contributed by atoms with Gasteiger partial charge in [-0.15, -0.1) is 0 Å². The smallest absolute Gasteiger partial charge is 0.254 e. The predicted molar refractivity (Wildman–Crippen MR) is 117 cm³/mol. The first-order valence-electron chi connectivity index (χ1n) is 10.6. The normalized spacial score (nSPS) is 13.7. The molecule has 6 nitrogen and oxygen atoms in total. The summed E-state index contributed by atoms with van der Waals surface area (Å²) in [6.07, 6.45) is 0.128. The molecular weight excluding hydrogens is 399 g/mol. The average molecular weight is 429 g/mol. The summed E-state index contributed by atoms with van der Waals surface area (Å²) in [5, 5.41) is 0. The molecule has 1 heterocycles. The fourth-order valence-electron chi connectivity index (χ4n) is 3.77. The van der Waals surface area contributed by atoms with Crippen LogP contribution < -0.4 is 4.74 Å². The molecule has 2 amide bonds. The number of hydrogen-bond donors (Lipinski definition) is 0. The molecule has 0 unspecified atom stereocenters. The van der Waals surface area contributed by atoms with Gasteiger partial charge in [-0.3, -0.25) is 9.59 Å². The van der Waals surface area contributed by atoms with Crippen LogP contribution in [0.2, 0.25) is 0 Å². The molecule has 0 N–H and O–H groups in total. The predicted octanol–water partition coefficient (Wildman–Crippen LogP) is 3.38. The van der Waals surface area contributed by atoms with E-state index in [0.717, 1.165) is 0 Å². The number of rotatable bonds is 7. The fourth-order valence-corrected chi connectivity index (χ4v) is 3.77. The summed E-state index contributed by atoms with van der Waals surface area (Å²) >= 11 is 0.